The Bertz CT molecular complexity index is 142. The van der Waals surface area contributed by atoms with Gasteiger partial charge in [0.2, 0.25) is 0 Å². The van der Waals surface area contributed by atoms with Gasteiger partial charge in [-0.3, -0.25) is 4.84 Å². The molecule has 0 aliphatic rings. The molecule has 98 valence electrons. The van der Waals surface area contributed by atoms with E-state index in [4.69, 9.17) is 14.7 Å². The van der Waals surface area contributed by atoms with Crippen molar-refractivity contribution in [2.24, 2.45) is 0 Å². The van der Waals surface area contributed by atoms with Crippen molar-refractivity contribution in [1.82, 2.24) is 5.06 Å². The fraction of sp³-hybridized carbons (Fsp3) is 1.00. The number of hydroxylamine groups is 2. The van der Waals surface area contributed by atoms with Crippen LogP contribution in [0, 0.1) is 0 Å². The number of hydrogen-bond acceptors (Lipinski definition) is 4. The summed E-state index contributed by atoms with van der Waals surface area (Å²) in [7, 11) is 3.64. The zero-order chi connectivity index (χ0) is 12.2. The molecule has 0 saturated carbocycles. The van der Waals surface area contributed by atoms with E-state index in [1.165, 1.54) is 25.7 Å². The molecule has 0 aromatic carbocycles. The van der Waals surface area contributed by atoms with E-state index < -0.39 is 0 Å². The zero-order valence-corrected chi connectivity index (χ0v) is 10.9. The minimum atomic E-state index is -0.200. The molecular formula is C12H27NO3. The van der Waals surface area contributed by atoms with Crippen LogP contribution in [0.15, 0.2) is 0 Å². The summed E-state index contributed by atoms with van der Waals surface area (Å²) in [5, 5.41) is 10.7. The highest BCUT2D eigenvalue weighted by molar-refractivity contribution is 4.53. The largest absolute Gasteiger partial charge is 0.394 e. The molecule has 0 spiro atoms. The average molecular weight is 233 g/mol. The summed E-state index contributed by atoms with van der Waals surface area (Å²) >= 11 is 0. The predicted octanol–water partition coefficient (Wildman–Crippen LogP) is 1.83. The van der Waals surface area contributed by atoms with Crippen molar-refractivity contribution in [2.75, 3.05) is 33.9 Å². The van der Waals surface area contributed by atoms with Crippen LogP contribution in [0.4, 0.5) is 0 Å². The summed E-state index contributed by atoms with van der Waals surface area (Å²) in [5.74, 6) is 0. The first-order chi connectivity index (χ1) is 7.70. The fourth-order valence-corrected chi connectivity index (χ4v) is 1.34. The number of unbranched alkanes of at least 4 members (excludes halogenated alkanes) is 4. The average Bonchev–Trinajstić information content (AvgIpc) is 2.27. The quantitative estimate of drug-likeness (QED) is 0.437. The van der Waals surface area contributed by atoms with E-state index in [-0.39, 0.29) is 12.7 Å². The van der Waals surface area contributed by atoms with Crippen LogP contribution in [0.2, 0.25) is 0 Å². The summed E-state index contributed by atoms with van der Waals surface area (Å²) in [6.45, 7) is 3.35. The molecule has 0 aromatic heterocycles. The number of aliphatic hydroxyl groups is 1. The Morgan fingerprint density at radius 1 is 1.12 bits per heavy atom. The lowest BCUT2D eigenvalue weighted by molar-refractivity contribution is -0.160. The maximum Gasteiger partial charge on any atom is 0.106 e. The van der Waals surface area contributed by atoms with Crippen LogP contribution in [0.25, 0.3) is 0 Å². The summed E-state index contributed by atoms with van der Waals surface area (Å²) in [5.41, 5.74) is 0. The maximum atomic E-state index is 9.06. The Hall–Kier alpha value is -0.160. The number of ether oxygens (including phenoxy) is 1. The summed E-state index contributed by atoms with van der Waals surface area (Å²) in [4.78, 5) is 5.24. The molecule has 0 fully saturated rings. The van der Waals surface area contributed by atoms with Gasteiger partial charge in [-0.1, -0.05) is 32.6 Å². The maximum absolute atomic E-state index is 9.06. The second-order valence-corrected chi connectivity index (χ2v) is 4.20. The monoisotopic (exact) mass is 233 g/mol. The SMILES string of the molecule is CCCCCCCOC(CO)CON(C)C. The molecule has 0 rings (SSSR count). The van der Waals surface area contributed by atoms with Gasteiger partial charge in [-0.2, -0.15) is 5.06 Å². The third kappa shape index (κ3) is 10.4. The third-order valence-electron chi connectivity index (χ3n) is 2.32. The molecule has 1 unspecified atom stereocenters. The van der Waals surface area contributed by atoms with Crippen LogP contribution in [0.5, 0.6) is 0 Å². The first-order valence-electron chi connectivity index (χ1n) is 6.23. The van der Waals surface area contributed by atoms with Gasteiger partial charge < -0.3 is 9.84 Å². The fourth-order valence-electron chi connectivity index (χ4n) is 1.34. The molecule has 1 atom stereocenters. The zero-order valence-electron chi connectivity index (χ0n) is 10.9. The van der Waals surface area contributed by atoms with Crippen LogP contribution >= 0.6 is 0 Å². The second-order valence-electron chi connectivity index (χ2n) is 4.20. The Balaban J connectivity index is 3.33. The molecule has 1 N–H and O–H groups in total. The van der Waals surface area contributed by atoms with Gasteiger partial charge in [0, 0.05) is 20.7 Å². The van der Waals surface area contributed by atoms with Crippen LogP contribution in [0.3, 0.4) is 0 Å². The molecule has 0 saturated heterocycles. The van der Waals surface area contributed by atoms with Crippen LogP contribution in [-0.2, 0) is 9.57 Å². The van der Waals surface area contributed by atoms with Crippen molar-refractivity contribution in [1.29, 1.82) is 0 Å². The highest BCUT2D eigenvalue weighted by Gasteiger charge is 2.08. The molecule has 0 amide bonds. The van der Waals surface area contributed by atoms with E-state index in [2.05, 4.69) is 6.92 Å². The third-order valence-corrected chi connectivity index (χ3v) is 2.32. The van der Waals surface area contributed by atoms with Gasteiger partial charge in [0.05, 0.1) is 13.2 Å². The molecule has 0 heterocycles. The van der Waals surface area contributed by atoms with Crippen molar-refractivity contribution in [3.8, 4) is 0 Å². The molecule has 0 aromatic rings. The summed E-state index contributed by atoms with van der Waals surface area (Å²) in [6, 6.07) is 0. The van der Waals surface area contributed by atoms with Crippen LogP contribution < -0.4 is 0 Å². The van der Waals surface area contributed by atoms with Crippen LogP contribution in [-0.4, -0.2) is 50.2 Å². The summed E-state index contributed by atoms with van der Waals surface area (Å²) < 4.78 is 5.52. The number of rotatable bonds is 11. The molecule has 0 bridgehead atoms. The lowest BCUT2D eigenvalue weighted by Gasteiger charge is -2.18. The Morgan fingerprint density at radius 3 is 2.38 bits per heavy atom. The van der Waals surface area contributed by atoms with Gasteiger partial charge in [0.15, 0.2) is 0 Å². The van der Waals surface area contributed by atoms with Gasteiger partial charge in [-0.25, -0.2) is 0 Å². The molecule has 16 heavy (non-hydrogen) atoms. The van der Waals surface area contributed by atoms with E-state index >= 15 is 0 Å². The van der Waals surface area contributed by atoms with E-state index in [0.29, 0.717) is 13.2 Å². The smallest absolute Gasteiger partial charge is 0.106 e. The van der Waals surface area contributed by atoms with E-state index in [1.807, 2.05) is 14.1 Å². The topological polar surface area (TPSA) is 41.9 Å². The molecule has 4 heteroatoms. The first kappa shape index (κ1) is 15.8. The standard InChI is InChI=1S/C12H27NO3/c1-4-5-6-7-8-9-15-12(10-14)11-16-13(2)3/h12,14H,4-11H2,1-3H3. The van der Waals surface area contributed by atoms with Crippen molar-refractivity contribution < 1.29 is 14.7 Å². The van der Waals surface area contributed by atoms with Crippen molar-refractivity contribution in [3.05, 3.63) is 0 Å². The lowest BCUT2D eigenvalue weighted by atomic mass is 10.2. The predicted molar refractivity (Wildman–Crippen MR) is 65.2 cm³/mol. The van der Waals surface area contributed by atoms with E-state index in [1.54, 1.807) is 5.06 Å². The molecule has 4 nitrogen and oxygen atoms in total. The molecule has 0 radical (unpaired) electrons. The Kier molecular flexibility index (Phi) is 11.2. The lowest BCUT2D eigenvalue weighted by Crippen LogP contribution is -2.28. The Labute approximate surface area is 99.5 Å². The van der Waals surface area contributed by atoms with Crippen LogP contribution in [0.1, 0.15) is 39.0 Å². The van der Waals surface area contributed by atoms with E-state index in [0.717, 1.165) is 6.42 Å². The number of nitrogens with zero attached hydrogens (tertiary/aromatic N) is 1. The van der Waals surface area contributed by atoms with Gasteiger partial charge in [-0.05, 0) is 6.42 Å². The molecule has 0 aliphatic heterocycles. The number of hydrogen-bond donors (Lipinski definition) is 1. The Morgan fingerprint density at radius 2 is 1.81 bits per heavy atom. The van der Waals surface area contributed by atoms with Gasteiger partial charge in [0.25, 0.3) is 0 Å². The molecule has 0 aliphatic carbocycles. The van der Waals surface area contributed by atoms with Gasteiger partial charge >= 0.3 is 0 Å². The second kappa shape index (κ2) is 11.3. The summed E-state index contributed by atoms with van der Waals surface area (Å²) in [6.07, 6.45) is 5.91. The minimum Gasteiger partial charge on any atom is -0.394 e. The van der Waals surface area contributed by atoms with Crippen molar-refractivity contribution in [2.45, 2.75) is 45.1 Å². The van der Waals surface area contributed by atoms with Gasteiger partial charge in [0.1, 0.15) is 6.10 Å². The van der Waals surface area contributed by atoms with Crippen molar-refractivity contribution in [3.63, 3.8) is 0 Å². The first-order valence-corrected chi connectivity index (χ1v) is 6.23. The van der Waals surface area contributed by atoms with E-state index in [9.17, 15) is 0 Å². The highest BCUT2D eigenvalue weighted by atomic mass is 16.7. The minimum absolute atomic E-state index is 0.0167. The number of aliphatic hydroxyl groups excluding tert-OH is 1. The normalized spacial score (nSPS) is 13.3. The van der Waals surface area contributed by atoms with Crippen molar-refractivity contribution >= 4 is 0 Å². The highest BCUT2D eigenvalue weighted by Crippen LogP contribution is 2.03. The molecular weight excluding hydrogens is 206 g/mol. The van der Waals surface area contributed by atoms with Gasteiger partial charge in [-0.15, -0.1) is 0 Å².